The summed E-state index contributed by atoms with van der Waals surface area (Å²) in [7, 11) is 1.26. The first-order valence-electron chi connectivity index (χ1n) is 5.85. The lowest BCUT2D eigenvalue weighted by Gasteiger charge is -2.25. The van der Waals surface area contributed by atoms with Crippen molar-refractivity contribution in [2.24, 2.45) is 4.99 Å². The molecule has 1 rings (SSSR count). The number of thioether (sulfide) groups is 2. The van der Waals surface area contributed by atoms with Crippen LogP contribution in [0.25, 0.3) is 0 Å². The highest BCUT2D eigenvalue weighted by Crippen LogP contribution is 2.31. The number of ether oxygens (including phenoxy) is 1. The number of carbonyl (C=O) groups is 2. The maximum Gasteiger partial charge on any atom is 0.346 e. The Morgan fingerprint density at radius 1 is 1.15 bits per heavy atom. The standard InChI is InChI=1S/C14H17NO3S2/c1-10(16)14(12(17)18-2,15-13(19-3)20-4)11-8-6-5-7-9-11/h5-9H,1-4H3. The fraction of sp³-hybridized carbons (Fsp3) is 0.357. The molecule has 1 atom stereocenters. The Hall–Kier alpha value is -1.27. The van der Waals surface area contributed by atoms with E-state index in [1.807, 2.05) is 18.6 Å². The number of hydrogen-bond donors (Lipinski definition) is 0. The van der Waals surface area contributed by atoms with Crippen molar-refractivity contribution in [1.29, 1.82) is 0 Å². The molecule has 0 aromatic heterocycles. The van der Waals surface area contributed by atoms with Crippen LogP contribution in [0.2, 0.25) is 0 Å². The average Bonchev–Trinajstić information content (AvgIpc) is 2.48. The first kappa shape index (κ1) is 16.8. The maximum absolute atomic E-state index is 12.3. The quantitative estimate of drug-likeness (QED) is 0.370. The summed E-state index contributed by atoms with van der Waals surface area (Å²) in [5, 5.41) is 0. The van der Waals surface area contributed by atoms with Gasteiger partial charge in [-0.3, -0.25) is 4.79 Å². The summed E-state index contributed by atoms with van der Waals surface area (Å²) in [5.74, 6) is -1.03. The second kappa shape index (κ2) is 7.50. The molecule has 0 aliphatic heterocycles. The van der Waals surface area contributed by atoms with E-state index in [1.165, 1.54) is 37.6 Å². The Balaban J connectivity index is 3.57. The van der Waals surface area contributed by atoms with Gasteiger partial charge in [-0.15, -0.1) is 23.5 Å². The van der Waals surface area contributed by atoms with Crippen molar-refractivity contribution in [2.75, 3.05) is 19.6 Å². The number of esters is 1. The van der Waals surface area contributed by atoms with Gasteiger partial charge in [0, 0.05) is 0 Å². The van der Waals surface area contributed by atoms with E-state index in [0.717, 1.165) is 0 Å². The molecule has 0 amide bonds. The predicted octanol–water partition coefficient (Wildman–Crippen LogP) is 2.73. The molecule has 0 bridgehead atoms. The molecule has 0 saturated carbocycles. The molecule has 0 saturated heterocycles. The molecule has 1 aromatic rings. The first-order valence-corrected chi connectivity index (χ1v) is 8.30. The third-order valence-electron chi connectivity index (χ3n) is 2.79. The molecule has 4 nitrogen and oxygen atoms in total. The van der Waals surface area contributed by atoms with Gasteiger partial charge in [0.25, 0.3) is 0 Å². The minimum atomic E-state index is -1.63. The highest BCUT2D eigenvalue weighted by molar-refractivity contribution is 8.38. The number of rotatable bonds is 4. The number of benzene rings is 1. The van der Waals surface area contributed by atoms with Gasteiger partial charge in [0.1, 0.15) is 4.38 Å². The molecule has 0 N–H and O–H groups in total. The summed E-state index contributed by atoms with van der Waals surface area (Å²) in [6, 6.07) is 8.77. The second-order valence-corrected chi connectivity index (χ2v) is 5.76. The van der Waals surface area contributed by atoms with Gasteiger partial charge in [-0.2, -0.15) is 0 Å². The zero-order chi connectivity index (χ0) is 15.2. The predicted molar refractivity (Wildman–Crippen MR) is 85.3 cm³/mol. The Bertz CT molecular complexity index is 510. The van der Waals surface area contributed by atoms with Crippen LogP contribution in [0.4, 0.5) is 0 Å². The Morgan fingerprint density at radius 2 is 1.70 bits per heavy atom. The zero-order valence-corrected chi connectivity index (χ0v) is 13.5. The van der Waals surface area contributed by atoms with Crippen LogP contribution in [-0.4, -0.2) is 35.7 Å². The van der Waals surface area contributed by atoms with Crippen molar-refractivity contribution in [3.63, 3.8) is 0 Å². The summed E-state index contributed by atoms with van der Waals surface area (Å²) in [4.78, 5) is 28.9. The van der Waals surface area contributed by atoms with Crippen molar-refractivity contribution in [1.82, 2.24) is 0 Å². The molecule has 0 aliphatic rings. The van der Waals surface area contributed by atoms with Gasteiger partial charge in [-0.1, -0.05) is 30.3 Å². The van der Waals surface area contributed by atoms with E-state index in [9.17, 15) is 9.59 Å². The molecule has 0 aliphatic carbocycles. The van der Waals surface area contributed by atoms with Gasteiger partial charge in [0.2, 0.25) is 5.54 Å². The van der Waals surface area contributed by atoms with E-state index in [4.69, 9.17) is 4.74 Å². The molecule has 1 unspecified atom stereocenters. The van der Waals surface area contributed by atoms with E-state index in [0.29, 0.717) is 9.94 Å². The smallest absolute Gasteiger partial charge is 0.346 e. The van der Waals surface area contributed by atoms with E-state index in [1.54, 1.807) is 24.3 Å². The normalized spacial score (nSPS) is 13.2. The molecule has 0 fully saturated rings. The number of nitrogens with zero attached hydrogens (tertiary/aromatic N) is 1. The molecule has 20 heavy (non-hydrogen) atoms. The van der Waals surface area contributed by atoms with Gasteiger partial charge in [0.05, 0.1) is 7.11 Å². The molecular weight excluding hydrogens is 294 g/mol. The largest absolute Gasteiger partial charge is 0.467 e. The summed E-state index contributed by atoms with van der Waals surface area (Å²) in [5.41, 5.74) is -1.11. The number of methoxy groups -OCH3 is 1. The van der Waals surface area contributed by atoms with E-state index in [2.05, 4.69) is 4.99 Å². The zero-order valence-electron chi connectivity index (χ0n) is 11.9. The van der Waals surface area contributed by atoms with E-state index >= 15 is 0 Å². The summed E-state index contributed by atoms with van der Waals surface area (Å²) in [6.45, 7) is 1.35. The molecule has 1 aromatic carbocycles. The van der Waals surface area contributed by atoms with Crippen LogP contribution >= 0.6 is 23.5 Å². The lowest BCUT2D eigenvalue weighted by atomic mass is 9.87. The van der Waals surface area contributed by atoms with Crippen LogP contribution in [-0.2, 0) is 19.9 Å². The Kier molecular flexibility index (Phi) is 6.29. The third kappa shape index (κ3) is 3.24. The maximum atomic E-state index is 12.3. The van der Waals surface area contributed by atoms with Crippen molar-refractivity contribution in [3.8, 4) is 0 Å². The topological polar surface area (TPSA) is 55.7 Å². The van der Waals surface area contributed by atoms with Crippen molar-refractivity contribution >= 4 is 39.7 Å². The number of ketones is 1. The minimum Gasteiger partial charge on any atom is -0.467 e. The average molecular weight is 311 g/mol. The van der Waals surface area contributed by atoms with Crippen LogP contribution in [0.1, 0.15) is 12.5 Å². The highest BCUT2D eigenvalue weighted by Gasteiger charge is 2.46. The highest BCUT2D eigenvalue weighted by atomic mass is 32.2. The minimum absolute atomic E-state index is 0.365. The number of aliphatic imine (C=N–C) groups is 1. The monoisotopic (exact) mass is 311 g/mol. The van der Waals surface area contributed by atoms with Gasteiger partial charge in [-0.05, 0) is 25.0 Å². The SMILES string of the molecule is COC(=O)C(N=C(SC)SC)(C(C)=O)c1ccccc1. The fourth-order valence-corrected chi connectivity index (χ4v) is 2.92. The third-order valence-corrected chi connectivity index (χ3v) is 4.67. The molecule has 0 radical (unpaired) electrons. The lowest BCUT2D eigenvalue weighted by molar-refractivity contribution is -0.151. The van der Waals surface area contributed by atoms with Crippen LogP contribution in [0.5, 0.6) is 0 Å². The molecule has 0 heterocycles. The van der Waals surface area contributed by atoms with E-state index in [-0.39, 0.29) is 5.78 Å². The number of hydrogen-bond acceptors (Lipinski definition) is 6. The number of carbonyl (C=O) groups excluding carboxylic acids is 2. The molecule has 0 spiro atoms. The second-order valence-electron chi connectivity index (χ2n) is 3.91. The first-order chi connectivity index (χ1) is 9.52. The Labute approximate surface area is 127 Å². The van der Waals surface area contributed by atoms with Gasteiger partial charge < -0.3 is 4.74 Å². The summed E-state index contributed by atoms with van der Waals surface area (Å²) in [6.07, 6.45) is 3.70. The van der Waals surface area contributed by atoms with Crippen LogP contribution in [0, 0.1) is 0 Å². The van der Waals surface area contributed by atoms with E-state index < -0.39 is 11.5 Å². The fourth-order valence-electron chi connectivity index (χ4n) is 1.79. The van der Waals surface area contributed by atoms with Crippen molar-refractivity contribution in [3.05, 3.63) is 35.9 Å². The van der Waals surface area contributed by atoms with Crippen molar-refractivity contribution < 1.29 is 14.3 Å². The lowest BCUT2D eigenvalue weighted by Crippen LogP contribution is -2.42. The van der Waals surface area contributed by atoms with Gasteiger partial charge in [0.15, 0.2) is 5.78 Å². The number of Topliss-reactive ketones (excluding diaryl/α,β-unsaturated/α-hetero) is 1. The molecule has 108 valence electrons. The Morgan fingerprint density at radius 3 is 2.10 bits per heavy atom. The van der Waals surface area contributed by atoms with Crippen LogP contribution in [0.15, 0.2) is 35.3 Å². The summed E-state index contributed by atoms with van der Waals surface area (Å²) >= 11 is 2.78. The summed E-state index contributed by atoms with van der Waals surface area (Å²) < 4.78 is 5.48. The molecule has 6 heteroatoms. The van der Waals surface area contributed by atoms with Crippen LogP contribution in [0.3, 0.4) is 0 Å². The van der Waals surface area contributed by atoms with Gasteiger partial charge in [-0.25, -0.2) is 9.79 Å². The van der Waals surface area contributed by atoms with Crippen LogP contribution < -0.4 is 0 Å². The van der Waals surface area contributed by atoms with Crippen molar-refractivity contribution in [2.45, 2.75) is 12.5 Å². The molecular formula is C14H17NO3S2. The van der Waals surface area contributed by atoms with Gasteiger partial charge >= 0.3 is 5.97 Å².